The van der Waals surface area contributed by atoms with E-state index >= 15 is 0 Å². The second-order valence-electron chi connectivity index (χ2n) is 6.36. The van der Waals surface area contributed by atoms with E-state index < -0.39 is 23.8 Å². The third kappa shape index (κ3) is 4.09. The average molecular weight is 414 g/mol. The van der Waals surface area contributed by atoms with Crippen LogP contribution in [0.4, 0.5) is 18.9 Å². The number of hydrogen-bond donors (Lipinski definition) is 0. The molecule has 2 aromatic carbocycles. The van der Waals surface area contributed by atoms with E-state index in [0.717, 1.165) is 12.1 Å². The summed E-state index contributed by atoms with van der Waals surface area (Å²) in [6.07, 6.45) is -3.29. The molecule has 0 atom stereocenters. The molecule has 0 saturated carbocycles. The van der Waals surface area contributed by atoms with E-state index in [9.17, 15) is 22.8 Å². The van der Waals surface area contributed by atoms with Crippen molar-refractivity contribution < 1.29 is 32.2 Å². The maximum atomic E-state index is 12.4. The number of alkyl halides is 3. The zero-order valence-corrected chi connectivity index (χ0v) is 15.2. The molecule has 1 aromatic heterocycles. The number of aromatic nitrogens is 1. The summed E-state index contributed by atoms with van der Waals surface area (Å²) in [5.74, 6) is -1.29. The van der Waals surface area contributed by atoms with E-state index in [1.54, 1.807) is 48.7 Å². The first-order valence-corrected chi connectivity index (χ1v) is 8.74. The second kappa shape index (κ2) is 7.51. The fraction of sp³-hybridized carbons (Fsp3) is 0.0952. The Balaban J connectivity index is 1.51. The Morgan fingerprint density at radius 3 is 2.33 bits per heavy atom. The highest BCUT2D eigenvalue weighted by Crippen LogP contribution is 2.35. The third-order valence-corrected chi connectivity index (χ3v) is 4.30. The normalized spacial score (nSPS) is 13.4. The van der Waals surface area contributed by atoms with Crippen LogP contribution < -0.4 is 14.4 Å². The van der Waals surface area contributed by atoms with Crippen LogP contribution in [0.25, 0.3) is 0 Å². The molecule has 0 aliphatic carbocycles. The quantitative estimate of drug-likeness (QED) is 0.575. The SMILES string of the molecule is O=C1C(=O)N(Cc2ccc(Oc3ccccn3)cc2)c2ccc(OC(F)(F)F)cc21. The molecule has 0 saturated heterocycles. The summed E-state index contributed by atoms with van der Waals surface area (Å²) in [4.78, 5) is 29.8. The monoisotopic (exact) mass is 414 g/mol. The molecule has 0 spiro atoms. The van der Waals surface area contributed by atoms with Gasteiger partial charge in [-0.3, -0.25) is 9.59 Å². The molecule has 0 unspecified atom stereocenters. The molecule has 6 nitrogen and oxygen atoms in total. The number of anilines is 1. The molecule has 2 heterocycles. The Labute approximate surface area is 168 Å². The lowest BCUT2D eigenvalue weighted by atomic mass is 10.1. The van der Waals surface area contributed by atoms with Crippen molar-refractivity contribution in [2.45, 2.75) is 12.9 Å². The topological polar surface area (TPSA) is 68.7 Å². The number of carbonyl (C=O) groups is 2. The smallest absolute Gasteiger partial charge is 0.439 e. The first-order valence-electron chi connectivity index (χ1n) is 8.74. The highest BCUT2D eigenvalue weighted by atomic mass is 19.4. The van der Waals surface area contributed by atoms with Gasteiger partial charge < -0.3 is 14.4 Å². The lowest BCUT2D eigenvalue weighted by Gasteiger charge is -2.17. The zero-order chi connectivity index (χ0) is 21.3. The van der Waals surface area contributed by atoms with E-state index in [4.69, 9.17) is 4.74 Å². The number of hydrogen-bond acceptors (Lipinski definition) is 5. The van der Waals surface area contributed by atoms with Crippen LogP contribution in [0.5, 0.6) is 17.4 Å². The minimum Gasteiger partial charge on any atom is -0.439 e. The van der Waals surface area contributed by atoms with Crippen LogP contribution in [-0.4, -0.2) is 23.0 Å². The van der Waals surface area contributed by atoms with Crippen molar-refractivity contribution >= 4 is 17.4 Å². The number of pyridine rings is 1. The van der Waals surface area contributed by atoms with Gasteiger partial charge in [-0.25, -0.2) is 4.98 Å². The molecule has 4 rings (SSSR count). The molecular weight excluding hydrogens is 401 g/mol. The molecule has 0 fully saturated rings. The van der Waals surface area contributed by atoms with Gasteiger partial charge in [0.25, 0.3) is 11.7 Å². The van der Waals surface area contributed by atoms with Crippen LogP contribution in [-0.2, 0) is 11.3 Å². The molecule has 1 aliphatic heterocycles. The van der Waals surface area contributed by atoms with E-state index in [0.29, 0.717) is 17.2 Å². The second-order valence-corrected chi connectivity index (χ2v) is 6.36. The van der Waals surface area contributed by atoms with E-state index in [2.05, 4.69) is 9.72 Å². The number of ketones is 1. The van der Waals surface area contributed by atoms with Crippen molar-refractivity contribution in [1.29, 1.82) is 0 Å². The van der Waals surface area contributed by atoms with Crippen molar-refractivity contribution in [2.75, 3.05) is 4.90 Å². The standard InChI is InChI=1S/C21H13F3N2O4/c22-21(23,24)30-15-8-9-17-16(11-15)19(27)20(28)26(17)12-13-4-6-14(7-5-13)29-18-3-1-2-10-25-18/h1-11H,12H2. The van der Waals surface area contributed by atoms with Gasteiger partial charge in [-0.15, -0.1) is 13.2 Å². The maximum absolute atomic E-state index is 12.4. The Morgan fingerprint density at radius 2 is 1.67 bits per heavy atom. The summed E-state index contributed by atoms with van der Waals surface area (Å²) >= 11 is 0. The van der Waals surface area contributed by atoms with Gasteiger partial charge in [-0.05, 0) is 42.0 Å². The van der Waals surface area contributed by atoms with Gasteiger partial charge in [0.15, 0.2) is 0 Å². The van der Waals surface area contributed by atoms with Gasteiger partial charge >= 0.3 is 6.36 Å². The Morgan fingerprint density at radius 1 is 0.933 bits per heavy atom. The molecule has 152 valence electrons. The number of nitrogens with zero attached hydrogens (tertiary/aromatic N) is 2. The van der Waals surface area contributed by atoms with Crippen molar-refractivity contribution in [3.63, 3.8) is 0 Å². The minimum absolute atomic E-state index is 0.0704. The zero-order valence-electron chi connectivity index (χ0n) is 15.2. The average Bonchev–Trinajstić information content (AvgIpc) is 2.94. The van der Waals surface area contributed by atoms with Crippen molar-refractivity contribution in [2.24, 2.45) is 0 Å². The van der Waals surface area contributed by atoms with Crippen LogP contribution in [0.2, 0.25) is 0 Å². The number of carbonyl (C=O) groups excluding carboxylic acids is 2. The summed E-state index contributed by atoms with van der Waals surface area (Å²) in [5.41, 5.74) is 0.804. The third-order valence-electron chi connectivity index (χ3n) is 4.30. The lowest BCUT2D eigenvalue weighted by Crippen LogP contribution is -2.29. The summed E-state index contributed by atoms with van der Waals surface area (Å²) in [7, 11) is 0. The Kier molecular flexibility index (Phi) is 4.86. The van der Waals surface area contributed by atoms with Gasteiger partial charge in [-0.1, -0.05) is 18.2 Å². The number of benzene rings is 2. The molecule has 0 N–H and O–H groups in total. The maximum Gasteiger partial charge on any atom is 0.573 e. The largest absolute Gasteiger partial charge is 0.573 e. The van der Waals surface area contributed by atoms with Gasteiger partial charge in [0.1, 0.15) is 11.5 Å². The van der Waals surface area contributed by atoms with Crippen LogP contribution in [0.1, 0.15) is 15.9 Å². The molecule has 1 aliphatic rings. The van der Waals surface area contributed by atoms with Gasteiger partial charge in [0.05, 0.1) is 17.8 Å². The number of fused-ring (bicyclic) bond motifs is 1. The van der Waals surface area contributed by atoms with E-state index in [1.165, 1.54) is 11.0 Å². The first kappa shape index (κ1) is 19.4. The summed E-state index contributed by atoms with van der Waals surface area (Å²) in [6.45, 7) is 0.0704. The Bertz CT molecular complexity index is 1100. The summed E-state index contributed by atoms with van der Waals surface area (Å²) in [5, 5.41) is 0. The predicted octanol–water partition coefficient (Wildman–Crippen LogP) is 4.50. The molecule has 3 aromatic rings. The highest BCUT2D eigenvalue weighted by molar-refractivity contribution is 6.52. The number of ether oxygens (including phenoxy) is 2. The fourth-order valence-electron chi connectivity index (χ4n) is 3.01. The molecule has 9 heteroatoms. The molecule has 1 amide bonds. The number of amides is 1. The number of halogens is 3. The Hall–Kier alpha value is -3.88. The van der Waals surface area contributed by atoms with Crippen LogP contribution in [0.3, 0.4) is 0 Å². The van der Waals surface area contributed by atoms with Crippen molar-refractivity contribution in [1.82, 2.24) is 4.98 Å². The fourth-order valence-corrected chi connectivity index (χ4v) is 3.01. The number of rotatable bonds is 5. The summed E-state index contributed by atoms with van der Waals surface area (Å²) < 4.78 is 46.6. The highest BCUT2D eigenvalue weighted by Gasteiger charge is 2.37. The van der Waals surface area contributed by atoms with Crippen molar-refractivity contribution in [3.05, 3.63) is 78.0 Å². The lowest BCUT2D eigenvalue weighted by molar-refractivity contribution is -0.274. The van der Waals surface area contributed by atoms with Crippen LogP contribution in [0, 0.1) is 0 Å². The van der Waals surface area contributed by atoms with E-state index in [1.807, 2.05) is 0 Å². The minimum atomic E-state index is -4.89. The first-order chi connectivity index (χ1) is 14.3. The molecule has 0 bridgehead atoms. The van der Waals surface area contributed by atoms with Gasteiger partial charge in [-0.2, -0.15) is 0 Å². The summed E-state index contributed by atoms with van der Waals surface area (Å²) in [6, 6.07) is 15.3. The molecule has 0 radical (unpaired) electrons. The van der Waals surface area contributed by atoms with Crippen molar-refractivity contribution in [3.8, 4) is 17.4 Å². The van der Waals surface area contributed by atoms with Crippen LogP contribution >= 0.6 is 0 Å². The molecule has 30 heavy (non-hydrogen) atoms. The molecular formula is C21H13F3N2O4. The number of Topliss-reactive ketones (excluding diaryl/α,β-unsaturated/α-hetero) is 1. The van der Waals surface area contributed by atoms with Crippen LogP contribution in [0.15, 0.2) is 66.9 Å². The van der Waals surface area contributed by atoms with Gasteiger partial charge in [0, 0.05) is 12.3 Å². The predicted molar refractivity (Wildman–Crippen MR) is 99.4 cm³/mol. The van der Waals surface area contributed by atoms with E-state index in [-0.39, 0.29) is 17.8 Å². The van der Waals surface area contributed by atoms with Gasteiger partial charge in [0.2, 0.25) is 5.88 Å².